The molecule has 1 unspecified atom stereocenters. The fourth-order valence-corrected chi connectivity index (χ4v) is 2.37. The second kappa shape index (κ2) is 7.90. The van der Waals surface area contributed by atoms with Crippen LogP contribution in [0.2, 0.25) is 0 Å². The third-order valence-corrected chi connectivity index (χ3v) is 3.90. The zero-order valence-electron chi connectivity index (χ0n) is 12.0. The fourth-order valence-electron chi connectivity index (χ4n) is 2.37. The predicted molar refractivity (Wildman–Crippen MR) is 69.9 cm³/mol. The Labute approximate surface area is 130 Å². The Morgan fingerprint density at radius 1 is 1.04 bits per heavy atom. The first kappa shape index (κ1) is 20.3. The highest BCUT2D eigenvalue weighted by Gasteiger charge is 2.60. The molecular formula is C12H22O11. The van der Waals surface area contributed by atoms with Crippen molar-refractivity contribution in [1.29, 1.82) is 0 Å². The van der Waals surface area contributed by atoms with E-state index in [1.807, 2.05) is 0 Å². The third kappa shape index (κ3) is 3.53. The van der Waals surface area contributed by atoms with Gasteiger partial charge in [-0.05, 0) is 0 Å². The Kier molecular flexibility index (Phi) is 6.97. The van der Waals surface area contributed by atoms with E-state index in [0.717, 1.165) is 0 Å². The molecule has 1 aliphatic heterocycles. The second-order valence-electron chi connectivity index (χ2n) is 5.36. The average molecular weight is 342 g/mol. The van der Waals surface area contributed by atoms with Crippen LogP contribution < -0.4 is 0 Å². The van der Waals surface area contributed by atoms with Crippen molar-refractivity contribution in [3.8, 4) is 0 Å². The topological polar surface area (TPSA) is 208 Å². The Morgan fingerprint density at radius 3 is 2.00 bits per heavy atom. The lowest BCUT2D eigenvalue weighted by atomic mass is 9.85. The molecule has 1 heterocycles. The van der Waals surface area contributed by atoms with Crippen molar-refractivity contribution >= 4 is 5.78 Å². The summed E-state index contributed by atoms with van der Waals surface area (Å²) >= 11 is 0. The van der Waals surface area contributed by atoms with Crippen molar-refractivity contribution in [3.05, 3.63) is 0 Å². The Hall–Kier alpha value is -0.730. The molecule has 0 radical (unpaired) electrons. The van der Waals surface area contributed by atoms with Gasteiger partial charge in [-0.3, -0.25) is 4.79 Å². The van der Waals surface area contributed by atoms with E-state index in [1.54, 1.807) is 0 Å². The highest BCUT2D eigenvalue weighted by Crippen LogP contribution is 2.33. The Bertz CT molecular complexity index is 404. The van der Waals surface area contributed by atoms with Crippen LogP contribution in [-0.2, 0) is 9.53 Å². The highest BCUT2D eigenvalue weighted by molar-refractivity contribution is 5.93. The SMILES string of the molecule is O=C([C@H](O)[C@@H](O)[C@H](O)[C@H](O)CO)C1(CO)O[C@H](CO)[C@@H](O)[C@@H]1O. The quantitative estimate of drug-likeness (QED) is 0.203. The number of carbonyl (C=O) groups is 1. The van der Waals surface area contributed by atoms with Gasteiger partial charge in [-0.15, -0.1) is 0 Å². The lowest BCUT2D eigenvalue weighted by Crippen LogP contribution is -2.60. The van der Waals surface area contributed by atoms with E-state index in [9.17, 15) is 40.5 Å². The number of Topliss-reactive ketones (excluding diaryl/α,β-unsaturated/α-hetero) is 1. The van der Waals surface area contributed by atoms with Gasteiger partial charge in [0, 0.05) is 0 Å². The smallest absolute Gasteiger partial charge is 0.200 e. The normalized spacial score (nSPS) is 36.5. The number of ketones is 1. The molecule has 0 spiro atoms. The van der Waals surface area contributed by atoms with Crippen LogP contribution in [0.25, 0.3) is 0 Å². The van der Waals surface area contributed by atoms with E-state index < -0.39 is 73.9 Å². The summed E-state index contributed by atoms with van der Waals surface area (Å²) in [5.41, 5.74) is -2.53. The number of rotatable bonds is 8. The van der Waals surface area contributed by atoms with Gasteiger partial charge in [-0.1, -0.05) is 0 Å². The number of hydrogen-bond donors (Lipinski definition) is 9. The van der Waals surface area contributed by atoms with Crippen LogP contribution in [0.5, 0.6) is 0 Å². The van der Waals surface area contributed by atoms with Crippen molar-refractivity contribution in [2.75, 3.05) is 19.8 Å². The van der Waals surface area contributed by atoms with E-state index in [0.29, 0.717) is 0 Å². The molecule has 0 amide bonds. The average Bonchev–Trinajstić information content (AvgIpc) is 2.83. The van der Waals surface area contributed by atoms with Crippen LogP contribution >= 0.6 is 0 Å². The summed E-state index contributed by atoms with van der Waals surface area (Å²) in [6, 6.07) is 0. The molecule has 0 aromatic heterocycles. The van der Waals surface area contributed by atoms with Crippen molar-refractivity contribution in [2.24, 2.45) is 0 Å². The van der Waals surface area contributed by atoms with Gasteiger partial charge >= 0.3 is 0 Å². The molecule has 1 fully saturated rings. The van der Waals surface area contributed by atoms with Gasteiger partial charge in [0.05, 0.1) is 19.8 Å². The monoisotopic (exact) mass is 342 g/mol. The zero-order valence-corrected chi connectivity index (χ0v) is 12.0. The Morgan fingerprint density at radius 2 is 1.61 bits per heavy atom. The van der Waals surface area contributed by atoms with E-state index in [2.05, 4.69) is 0 Å². The minimum atomic E-state index is -2.53. The van der Waals surface area contributed by atoms with Crippen molar-refractivity contribution in [2.45, 2.75) is 48.3 Å². The first-order chi connectivity index (χ1) is 10.7. The lowest BCUT2D eigenvalue weighted by molar-refractivity contribution is -0.181. The molecular weight excluding hydrogens is 320 g/mol. The van der Waals surface area contributed by atoms with Crippen LogP contribution in [0, 0.1) is 0 Å². The minimum Gasteiger partial charge on any atom is -0.394 e. The maximum absolute atomic E-state index is 12.3. The van der Waals surface area contributed by atoms with Crippen LogP contribution in [0.4, 0.5) is 0 Å². The summed E-state index contributed by atoms with van der Waals surface area (Å²) in [6.45, 7) is -2.95. The molecule has 9 N–H and O–H groups in total. The molecule has 1 aliphatic rings. The summed E-state index contributed by atoms with van der Waals surface area (Å²) in [7, 11) is 0. The van der Waals surface area contributed by atoms with Crippen LogP contribution in [0.3, 0.4) is 0 Å². The molecule has 0 bridgehead atoms. The number of hydrogen-bond acceptors (Lipinski definition) is 11. The molecule has 0 saturated carbocycles. The standard InChI is InChI=1S/C12H22O11/c13-1-4(16)6(17)8(19)9(20)11(22)12(3-15)10(21)7(18)5(2-14)23-12/h4-10,13-21H,1-3H2/t4-,5-,6-,7-,8+,9-,10+,12?/m1/s1. The zero-order chi connectivity index (χ0) is 17.9. The van der Waals surface area contributed by atoms with Crippen LogP contribution in [0.15, 0.2) is 0 Å². The molecule has 0 aromatic carbocycles. The molecule has 0 aliphatic carbocycles. The van der Waals surface area contributed by atoms with Crippen molar-refractivity contribution < 1.29 is 55.5 Å². The van der Waals surface area contributed by atoms with Crippen LogP contribution in [0.1, 0.15) is 0 Å². The predicted octanol–water partition coefficient (Wildman–Crippen LogP) is -6.16. The van der Waals surface area contributed by atoms with Crippen LogP contribution in [-0.4, -0.2) is 120 Å². The summed E-state index contributed by atoms with van der Waals surface area (Å²) in [4.78, 5) is 12.3. The minimum absolute atomic E-state index is 0.794. The maximum atomic E-state index is 12.3. The van der Waals surface area contributed by atoms with Crippen molar-refractivity contribution in [3.63, 3.8) is 0 Å². The maximum Gasteiger partial charge on any atom is 0.200 e. The molecule has 23 heavy (non-hydrogen) atoms. The van der Waals surface area contributed by atoms with E-state index in [1.165, 1.54) is 0 Å². The van der Waals surface area contributed by atoms with E-state index >= 15 is 0 Å². The first-order valence-electron chi connectivity index (χ1n) is 6.81. The summed E-state index contributed by atoms with van der Waals surface area (Å²) in [5, 5.41) is 84.8. The molecule has 136 valence electrons. The number of aliphatic hydroxyl groups excluding tert-OH is 9. The van der Waals surface area contributed by atoms with E-state index in [4.69, 9.17) is 14.9 Å². The second-order valence-corrected chi connectivity index (χ2v) is 5.36. The van der Waals surface area contributed by atoms with Gasteiger partial charge in [0.25, 0.3) is 0 Å². The van der Waals surface area contributed by atoms with Gasteiger partial charge in [0.15, 0.2) is 5.60 Å². The number of carbonyl (C=O) groups excluding carboxylic acids is 1. The lowest BCUT2D eigenvalue weighted by Gasteiger charge is -2.33. The number of aliphatic hydroxyl groups is 9. The molecule has 11 nitrogen and oxygen atoms in total. The van der Waals surface area contributed by atoms with Gasteiger partial charge in [-0.2, -0.15) is 0 Å². The molecule has 1 saturated heterocycles. The molecule has 1 rings (SSSR count). The summed E-state index contributed by atoms with van der Waals surface area (Å²) in [5.74, 6) is -1.47. The largest absolute Gasteiger partial charge is 0.394 e. The molecule has 8 atom stereocenters. The molecule has 11 heteroatoms. The number of ether oxygens (including phenoxy) is 1. The fraction of sp³-hybridized carbons (Fsp3) is 0.917. The summed E-state index contributed by atoms with van der Waals surface area (Å²) in [6.07, 6.45) is -13.8. The summed E-state index contributed by atoms with van der Waals surface area (Å²) < 4.78 is 4.96. The van der Waals surface area contributed by atoms with Gasteiger partial charge < -0.3 is 50.7 Å². The third-order valence-electron chi connectivity index (χ3n) is 3.90. The first-order valence-corrected chi connectivity index (χ1v) is 6.81. The Balaban J connectivity index is 3.00. The van der Waals surface area contributed by atoms with Gasteiger partial charge in [-0.25, -0.2) is 0 Å². The van der Waals surface area contributed by atoms with Gasteiger partial charge in [0.2, 0.25) is 5.78 Å². The highest BCUT2D eigenvalue weighted by atomic mass is 16.6. The molecule has 0 aromatic rings. The van der Waals surface area contributed by atoms with Crippen molar-refractivity contribution in [1.82, 2.24) is 0 Å². The van der Waals surface area contributed by atoms with Gasteiger partial charge in [0.1, 0.15) is 42.7 Å². The van der Waals surface area contributed by atoms with E-state index in [-0.39, 0.29) is 0 Å².